The smallest absolute Gasteiger partial charge is 0.998 e. The molecule has 0 spiro atoms. The second-order valence-corrected chi connectivity index (χ2v) is 2.66. The second kappa shape index (κ2) is 8.50. The van der Waals surface area contributed by atoms with Gasteiger partial charge in [0.1, 0.15) is 0 Å². The van der Waals surface area contributed by atoms with Crippen molar-refractivity contribution in [2.75, 3.05) is 0 Å². The molecule has 0 saturated heterocycles. The molecule has 0 bridgehead atoms. The number of hydrogen-bond acceptors (Lipinski definition) is 0. The van der Waals surface area contributed by atoms with E-state index in [2.05, 4.69) is 62.4 Å². The Kier molecular flexibility index (Phi) is 8.04. The van der Waals surface area contributed by atoms with Gasteiger partial charge in [0.15, 0.2) is 0 Å². The van der Waals surface area contributed by atoms with E-state index in [1.54, 1.807) is 0 Å². The van der Waals surface area contributed by atoms with Crippen LogP contribution in [0.5, 0.6) is 0 Å². The predicted molar refractivity (Wildman–Crippen MR) is 53.5 cm³/mol. The van der Waals surface area contributed by atoms with Crippen LogP contribution in [0, 0.1) is 48.5 Å². The normalized spacial score (nSPS) is 8.67. The van der Waals surface area contributed by atoms with Gasteiger partial charge < -0.3 is 59.7 Å². The van der Waals surface area contributed by atoms with Crippen molar-refractivity contribution in [2.45, 2.75) is 26.7 Å². The first kappa shape index (κ1) is 14.2. The Morgan fingerprint density at radius 1 is 0.667 bits per heavy atom. The standard InChI is InChI=1S/2C7H5.Ni/c2*1-2-7-5-3-4-6-7;/h2*2H2,1H3;/q2*-5;+2. The van der Waals surface area contributed by atoms with E-state index in [0.29, 0.717) is 0 Å². The molecule has 0 N–H and O–H groups in total. The summed E-state index contributed by atoms with van der Waals surface area (Å²) < 4.78 is 0. The third-order valence-electron chi connectivity index (χ3n) is 1.69. The average molecular weight is 237 g/mol. The number of aryl methyl sites for hydroxylation is 2. The number of rotatable bonds is 2. The maximum atomic E-state index is 2.85. The van der Waals surface area contributed by atoms with E-state index in [-0.39, 0.29) is 16.5 Å². The van der Waals surface area contributed by atoms with Crippen LogP contribution in [0.15, 0.2) is 0 Å². The van der Waals surface area contributed by atoms with Gasteiger partial charge in [0.2, 0.25) is 0 Å². The van der Waals surface area contributed by atoms with Gasteiger partial charge in [-0.05, 0) is 0 Å². The molecule has 84 valence electrons. The van der Waals surface area contributed by atoms with Gasteiger partial charge in [0, 0.05) is 0 Å². The molecule has 0 aliphatic rings. The molecule has 15 heavy (non-hydrogen) atoms. The Balaban J connectivity index is 0.000000245. The Morgan fingerprint density at radius 3 is 1.07 bits per heavy atom. The van der Waals surface area contributed by atoms with Crippen molar-refractivity contribution in [3.05, 3.63) is 59.7 Å². The Hall–Kier alpha value is -0.806. The Morgan fingerprint density at radius 2 is 0.933 bits per heavy atom. The summed E-state index contributed by atoms with van der Waals surface area (Å²) in [7, 11) is 0. The molecule has 0 radical (unpaired) electrons. The quantitative estimate of drug-likeness (QED) is 0.555. The number of hydrogen-bond donors (Lipinski definition) is 0. The molecule has 0 amide bonds. The summed E-state index contributed by atoms with van der Waals surface area (Å²) >= 11 is 0. The van der Waals surface area contributed by atoms with Crippen molar-refractivity contribution in [1.29, 1.82) is 0 Å². The van der Waals surface area contributed by atoms with Crippen molar-refractivity contribution >= 4 is 0 Å². The SMILES string of the molecule is CC[c-]1[c-][c-][c-][c-]1.CC[c-]1[c-][c-][c-][c-]1.[Ni+2]. The Labute approximate surface area is 103 Å². The van der Waals surface area contributed by atoms with Crippen molar-refractivity contribution in [3.63, 3.8) is 0 Å². The van der Waals surface area contributed by atoms with Crippen molar-refractivity contribution in [3.8, 4) is 0 Å². The molecule has 2 aromatic rings. The minimum atomic E-state index is 0. The fraction of sp³-hybridized carbons (Fsp3) is 0.286. The van der Waals surface area contributed by atoms with Crippen LogP contribution in [-0.2, 0) is 29.3 Å². The van der Waals surface area contributed by atoms with Gasteiger partial charge >= 0.3 is 16.5 Å². The second-order valence-electron chi connectivity index (χ2n) is 2.66. The van der Waals surface area contributed by atoms with Crippen molar-refractivity contribution in [1.82, 2.24) is 0 Å². The maximum Gasteiger partial charge on any atom is 2.00 e. The minimum absolute atomic E-state index is 0. The van der Waals surface area contributed by atoms with E-state index in [0.717, 1.165) is 24.0 Å². The molecule has 0 heterocycles. The zero-order valence-corrected chi connectivity index (χ0v) is 9.72. The zero-order valence-electron chi connectivity index (χ0n) is 8.73. The van der Waals surface area contributed by atoms with E-state index >= 15 is 0 Å². The van der Waals surface area contributed by atoms with Gasteiger partial charge in [-0.1, -0.05) is 13.8 Å². The predicted octanol–water partition coefficient (Wildman–Crippen LogP) is 2.33. The van der Waals surface area contributed by atoms with Crippen LogP contribution in [0.3, 0.4) is 0 Å². The zero-order chi connectivity index (χ0) is 10.2. The molecular formula is C14H10Ni-8. The maximum absolute atomic E-state index is 2.85. The molecule has 0 fully saturated rings. The van der Waals surface area contributed by atoms with E-state index in [1.807, 2.05) is 0 Å². The Bertz CT molecular complexity index is 269. The molecule has 0 saturated carbocycles. The molecule has 2 aromatic carbocycles. The topological polar surface area (TPSA) is 0 Å². The van der Waals surface area contributed by atoms with E-state index in [9.17, 15) is 0 Å². The van der Waals surface area contributed by atoms with Gasteiger partial charge in [0.05, 0.1) is 0 Å². The molecule has 1 heteroatoms. The largest absolute Gasteiger partial charge is 2.00 e. The van der Waals surface area contributed by atoms with Gasteiger partial charge in [0.25, 0.3) is 0 Å². The first-order valence-electron chi connectivity index (χ1n) is 4.62. The van der Waals surface area contributed by atoms with Crippen LogP contribution in [0.2, 0.25) is 0 Å². The van der Waals surface area contributed by atoms with Crippen LogP contribution in [0.25, 0.3) is 0 Å². The monoisotopic (exact) mass is 236 g/mol. The third kappa shape index (κ3) is 5.59. The van der Waals surface area contributed by atoms with Crippen LogP contribution in [-0.4, -0.2) is 0 Å². The van der Waals surface area contributed by atoms with Crippen LogP contribution in [0.1, 0.15) is 25.0 Å². The van der Waals surface area contributed by atoms with E-state index in [4.69, 9.17) is 0 Å². The summed E-state index contributed by atoms with van der Waals surface area (Å²) in [6.07, 6.45) is 1.97. The van der Waals surface area contributed by atoms with Gasteiger partial charge in [-0.2, -0.15) is 0 Å². The molecular weight excluding hydrogens is 227 g/mol. The molecule has 0 aliphatic heterocycles. The summed E-state index contributed by atoms with van der Waals surface area (Å²) in [5.41, 5.74) is 2.14. The van der Waals surface area contributed by atoms with Crippen LogP contribution < -0.4 is 0 Å². The molecule has 2 rings (SSSR count). The van der Waals surface area contributed by atoms with Crippen molar-refractivity contribution < 1.29 is 16.5 Å². The molecule has 0 aromatic heterocycles. The molecule has 0 nitrogen and oxygen atoms in total. The van der Waals surface area contributed by atoms with Crippen LogP contribution >= 0.6 is 0 Å². The first-order valence-corrected chi connectivity index (χ1v) is 4.62. The van der Waals surface area contributed by atoms with Crippen LogP contribution in [0.4, 0.5) is 0 Å². The molecule has 0 atom stereocenters. The van der Waals surface area contributed by atoms with E-state index < -0.39 is 0 Å². The van der Waals surface area contributed by atoms with Crippen molar-refractivity contribution in [2.24, 2.45) is 0 Å². The minimum Gasteiger partial charge on any atom is -0.998 e. The summed E-state index contributed by atoms with van der Waals surface area (Å²) in [5, 5.41) is 0. The average Bonchev–Trinajstić information content (AvgIpc) is 2.92. The fourth-order valence-corrected chi connectivity index (χ4v) is 0.843. The molecule has 0 unspecified atom stereocenters. The van der Waals surface area contributed by atoms with E-state index in [1.165, 1.54) is 0 Å². The third-order valence-corrected chi connectivity index (χ3v) is 1.69. The summed E-state index contributed by atoms with van der Waals surface area (Å²) in [6.45, 7) is 4.12. The van der Waals surface area contributed by atoms with Gasteiger partial charge in [-0.15, -0.1) is 0 Å². The van der Waals surface area contributed by atoms with Gasteiger partial charge in [-0.3, -0.25) is 0 Å². The fourth-order valence-electron chi connectivity index (χ4n) is 0.843. The summed E-state index contributed by atoms with van der Waals surface area (Å²) in [6, 6.07) is 22.1. The van der Waals surface area contributed by atoms with Gasteiger partial charge in [-0.25, -0.2) is 12.8 Å². The summed E-state index contributed by atoms with van der Waals surface area (Å²) in [5.74, 6) is 0. The summed E-state index contributed by atoms with van der Waals surface area (Å²) in [4.78, 5) is 0. The molecule has 0 aliphatic carbocycles. The first-order chi connectivity index (χ1) is 6.86.